The van der Waals surface area contributed by atoms with Crippen LogP contribution in [0, 0.1) is 0 Å². The Morgan fingerprint density at radius 3 is 2.57 bits per heavy atom. The fourth-order valence-electron chi connectivity index (χ4n) is 2.58. The van der Waals surface area contributed by atoms with Crippen LogP contribution in [-0.4, -0.2) is 54.7 Å². The van der Waals surface area contributed by atoms with Crippen molar-refractivity contribution in [2.24, 2.45) is 0 Å². The summed E-state index contributed by atoms with van der Waals surface area (Å²) in [6.07, 6.45) is 3.84. The number of methoxy groups -OCH3 is 1. The van der Waals surface area contributed by atoms with E-state index in [9.17, 15) is 0 Å². The van der Waals surface area contributed by atoms with Crippen LogP contribution in [0.3, 0.4) is 0 Å². The summed E-state index contributed by atoms with van der Waals surface area (Å²) in [7, 11) is 1.66. The quantitative estimate of drug-likeness (QED) is 0.679. The molecule has 118 valence electrons. The van der Waals surface area contributed by atoms with Crippen molar-refractivity contribution in [2.45, 2.75) is 32.8 Å². The van der Waals surface area contributed by atoms with Gasteiger partial charge in [0.2, 0.25) is 0 Å². The highest BCUT2D eigenvalue weighted by molar-refractivity contribution is 5.47. The molecule has 1 fully saturated rings. The Kier molecular flexibility index (Phi) is 6.69. The third kappa shape index (κ3) is 5.47. The van der Waals surface area contributed by atoms with E-state index >= 15 is 0 Å². The first-order valence-corrected chi connectivity index (χ1v) is 7.89. The third-order valence-corrected chi connectivity index (χ3v) is 3.56. The molecule has 2 rings (SSSR count). The molecule has 0 unspecified atom stereocenters. The van der Waals surface area contributed by atoms with Crippen LogP contribution >= 0.6 is 0 Å². The molecule has 1 aliphatic heterocycles. The molecular weight excluding hydrogens is 266 g/mol. The van der Waals surface area contributed by atoms with Crippen LogP contribution in [0.15, 0.2) is 6.07 Å². The van der Waals surface area contributed by atoms with Crippen molar-refractivity contribution in [3.8, 4) is 0 Å². The number of nitrogens with zero attached hydrogens (tertiary/aromatic N) is 3. The topological polar surface area (TPSA) is 62.3 Å². The molecule has 6 nitrogen and oxygen atoms in total. The van der Waals surface area contributed by atoms with E-state index in [1.807, 2.05) is 6.07 Å². The lowest BCUT2D eigenvalue weighted by Crippen LogP contribution is -2.22. The molecule has 0 aromatic carbocycles. The van der Waals surface area contributed by atoms with Gasteiger partial charge >= 0.3 is 0 Å². The molecule has 0 radical (unpaired) electrons. The molecule has 0 aliphatic carbocycles. The minimum Gasteiger partial charge on any atom is -0.377 e. The maximum Gasteiger partial charge on any atom is 0.158 e. The van der Waals surface area contributed by atoms with Crippen molar-refractivity contribution in [3.63, 3.8) is 0 Å². The monoisotopic (exact) mass is 293 g/mol. The van der Waals surface area contributed by atoms with Crippen molar-refractivity contribution < 1.29 is 4.74 Å². The van der Waals surface area contributed by atoms with E-state index < -0.39 is 0 Å². The lowest BCUT2D eigenvalue weighted by atomic mass is 10.3. The van der Waals surface area contributed by atoms with Crippen LogP contribution in [-0.2, 0) is 11.3 Å². The number of ether oxygens (including phenoxy) is 1. The predicted molar refractivity (Wildman–Crippen MR) is 85.7 cm³/mol. The minimum absolute atomic E-state index is 0.432. The molecule has 0 amide bonds. The smallest absolute Gasteiger partial charge is 0.158 e. The molecular formula is C15H27N5O. The van der Waals surface area contributed by atoms with Crippen LogP contribution in [0.5, 0.6) is 0 Å². The number of likely N-dealkylation sites (tertiary alicyclic amines) is 1. The number of aromatic nitrogens is 2. The van der Waals surface area contributed by atoms with E-state index in [-0.39, 0.29) is 0 Å². The summed E-state index contributed by atoms with van der Waals surface area (Å²) in [5, 5.41) is 6.62. The summed E-state index contributed by atoms with van der Waals surface area (Å²) in [5.41, 5.74) is 0. The van der Waals surface area contributed by atoms with Crippen LogP contribution in [0.2, 0.25) is 0 Å². The van der Waals surface area contributed by atoms with Gasteiger partial charge in [-0.15, -0.1) is 0 Å². The molecule has 6 heteroatoms. The fourth-order valence-corrected chi connectivity index (χ4v) is 2.58. The van der Waals surface area contributed by atoms with E-state index in [1.54, 1.807) is 7.11 Å². The highest BCUT2D eigenvalue weighted by Gasteiger charge is 2.10. The Labute approximate surface area is 127 Å². The first-order chi connectivity index (χ1) is 10.3. The molecule has 1 aromatic heterocycles. The Balaban J connectivity index is 1.82. The molecule has 2 N–H and O–H groups in total. The molecule has 2 heterocycles. The largest absolute Gasteiger partial charge is 0.377 e. The predicted octanol–water partition coefficient (Wildman–Crippen LogP) is 1.95. The van der Waals surface area contributed by atoms with Gasteiger partial charge < -0.3 is 20.3 Å². The molecule has 21 heavy (non-hydrogen) atoms. The van der Waals surface area contributed by atoms with Crippen LogP contribution in [0.4, 0.5) is 11.6 Å². The highest BCUT2D eigenvalue weighted by Crippen LogP contribution is 2.12. The van der Waals surface area contributed by atoms with Gasteiger partial charge in [-0.3, -0.25) is 0 Å². The van der Waals surface area contributed by atoms with E-state index in [2.05, 4.69) is 32.4 Å². The molecule has 1 aliphatic rings. The summed E-state index contributed by atoms with van der Waals surface area (Å²) in [6, 6.07) is 1.96. The lowest BCUT2D eigenvalue weighted by Gasteiger charge is -2.15. The first kappa shape index (κ1) is 16.0. The third-order valence-electron chi connectivity index (χ3n) is 3.56. The van der Waals surface area contributed by atoms with E-state index in [1.165, 1.54) is 32.5 Å². The number of anilines is 2. The Hall–Kier alpha value is -1.40. The average molecular weight is 293 g/mol. The van der Waals surface area contributed by atoms with Crippen molar-refractivity contribution in [2.75, 3.05) is 50.5 Å². The van der Waals surface area contributed by atoms with Crippen molar-refractivity contribution in [1.29, 1.82) is 0 Å². The second-order valence-electron chi connectivity index (χ2n) is 5.35. The van der Waals surface area contributed by atoms with Crippen molar-refractivity contribution >= 4 is 11.6 Å². The molecule has 0 spiro atoms. The van der Waals surface area contributed by atoms with Gasteiger partial charge in [-0.25, -0.2) is 9.97 Å². The lowest BCUT2D eigenvalue weighted by molar-refractivity contribution is 0.178. The second-order valence-corrected chi connectivity index (χ2v) is 5.35. The number of hydrogen-bond acceptors (Lipinski definition) is 6. The minimum atomic E-state index is 0.432. The zero-order valence-electron chi connectivity index (χ0n) is 13.2. The van der Waals surface area contributed by atoms with Gasteiger partial charge in [-0.1, -0.05) is 0 Å². The highest BCUT2D eigenvalue weighted by atomic mass is 16.5. The summed E-state index contributed by atoms with van der Waals surface area (Å²) in [6.45, 7) is 7.96. The van der Waals surface area contributed by atoms with Crippen molar-refractivity contribution in [1.82, 2.24) is 14.9 Å². The van der Waals surface area contributed by atoms with Crippen LogP contribution in [0.25, 0.3) is 0 Å². The van der Waals surface area contributed by atoms with Crippen LogP contribution in [0.1, 0.15) is 32.0 Å². The van der Waals surface area contributed by atoms with Gasteiger partial charge in [0.05, 0.1) is 0 Å². The Morgan fingerprint density at radius 2 is 1.90 bits per heavy atom. The molecule has 1 saturated heterocycles. The Bertz CT molecular complexity index is 396. The normalized spacial score (nSPS) is 15.3. The van der Waals surface area contributed by atoms with Gasteiger partial charge in [0.25, 0.3) is 0 Å². The maximum atomic E-state index is 5.12. The number of nitrogens with one attached hydrogen (secondary N) is 2. The zero-order chi connectivity index (χ0) is 14.9. The number of hydrogen-bond donors (Lipinski definition) is 2. The molecule has 0 atom stereocenters. The Morgan fingerprint density at radius 1 is 1.19 bits per heavy atom. The van der Waals surface area contributed by atoms with Gasteiger partial charge in [0.1, 0.15) is 18.2 Å². The van der Waals surface area contributed by atoms with Crippen LogP contribution < -0.4 is 10.6 Å². The summed E-state index contributed by atoms with van der Waals surface area (Å²) < 4.78 is 5.12. The maximum absolute atomic E-state index is 5.12. The summed E-state index contributed by atoms with van der Waals surface area (Å²) in [5.74, 6) is 2.43. The fraction of sp³-hybridized carbons (Fsp3) is 0.733. The van der Waals surface area contributed by atoms with Gasteiger partial charge in [-0.2, -0.15) is 0 Å². The molecule has 1 aromatic rings. The van der Waals surface area contributed by atoms with E-state index in [4.69, 9.17) is 4.74 Å². The van der Waals surface area contributed by atoms with Gasteiger partial charge in [-0.05, 0) is 45.8 Å². The van der Waals surface area contributed by atoms with Gasteiger partial charge in [0, 0.05) is 26.3 Å². The SMILES string of the molecule is CCNc1cc(NCCCN2CCCC2)nc(COC)n1. The standard InChI is InChI=1S/C15H27N5O/c1-3-16-13-11-14(19-15(18-13)12-21-2)17-7-6-10-20-8-4-5-9-20/h11H,3-10,12H2,1-2H3,(H2,16,17,18,19). The number of rotatable bonds is 9. The van der Waals surface area contributed by atoms with E-state index in [0.29, 0.717) is 12.4 Å². The molecule has 0 saturated carbocycles. The summed E-state index contributed by atoms with van der Waals surface area (Å²) in [4.78, 5) is 11.4. The average Bonchev–Trinajstić information content (AvgIpc) is 2.97. The second kappa shape index (κ2) is 8.79. The van der Waals surface area contributed by atoms with E-state index in [0.717, 1.165) is 31.1 Å². The summed E-state index contributed by atoms with van der Waals surface area (Å²) >= 11 is 0. The van der Waals surface area contributed by atoms with Gasteiger partial charge in [0.15, 0.2) is 5.82 Å². The first-order valence-electron chi connectivity index (χ1n) is 7.89. The zero-order valence-corrected chi connectivity index (χ0v) is 13.2. The van der Waals surface area contributed by atoms with Crippen molar-refractivity contribution in [3.05, 3.63) is 11.9 Å². The molecule has 0 bridgehead atoms.